The molecule has 0 atom stereocenters. The zero-order valence-corrected chi connectivity index (χ0v) is 20.2. The van der Waals surface area contributed by atoms with Crippen molar-refractivity contribution >= 4 is 57.3 Å². The fourth-order valence-electron chi connectivity index (χ4n) is 3.85. The van der Waals surface area contributed by atoms with E-state index in [2.05, 4.69) is 5.32 Å². The molecule has 4 aromatic carbocycles. The molecule has 8 heteroatoms. The smallest absolute Gasteiger partial charge is 0.344 e. The van der Waals surface area contributed by atoms with E-state index in [1.165, 1.54) is 0 Å². The first kappa shape index (κ1) is 24.0. The average molecular weight is 509 g/mol. The van der Waals surface area contributed by atoms with Crippen molar-refractivity contribution in [3.63, 3.8) is 0 Å². The lowest BCUT2D eigenvalue weighted by Gasteiger charge is -2.12. The molecule has 1 aliphatic rings. The van der Waals surface area contributed by atoms with Crippen molar-refractivity contribution in [2.45, 2.75) is 0 Å². The summed E-state index contributed by atoms with van der Waals surface area (Å²) in [6.45, 7) is -0.375. The molecule has 0 aliphatic carbocycles. The Balaban J connectivity index is 1.24. The Labute approximate surface area is 216 Å². The van der Waals surface area contributed by atoms with Gasteiger partial charge in [-0.15, -0.1) is 0 Å². The number of imide groups is 1. The highest BCUT2D eigenvalue weighted by atomic mass is 32.2. The van der Waals surface area contributed by atoms with Gasteiger partial charge < -0.3 is 10.1 Å². The average Bonchev–Trinajstić information content (AvgIpc) is 3.17. The number of rotatable bonds is 6. The summed E-state index contributed by atoms with van der Waals surface area (Å²) in [4.78, 5) is 51.3. The molecular weight excluding hydrogens is 488 g/mol. The lowest BCUT2D eigenvalue weighted by molar-refractivity contribution is -0.127. The molecule has 37 heavy (non-hydrogen) atoms. The highest BCUT2D eigenvalue weighted by Gasteiger charge is 2.36. The number of ether oxygens (including phenoxy) is 1. The second-order valence-electron chi connectivity index (χ2n) is 8.17. The van der Waals surface area contributed by atoms with Gasteiger partial charge in [0.25, 0.3) is 11.1 Å². The van der Waals surface area contributed by atoms with Gasteiger partial charge in [0.05, 0.1) is 10.5 Å². The van der Waals surface area contributed by atoms with Crippen LogP contribution >= 0.6 is 11.8 Å². The van der Waals surface area contributed by atoms with E-state index in [4.69, 9.17) is 4.74 Å². The summed E-state index contributed by atoms with van der Waals surface area (Å²) >= 11 is 0.771. The molecule has 0 saturated carbocycles. The molecule has 0 spiro atoms. The van der Waals surface area contributed by atoms with E-state index >= 15 is 0 Å². The first-order chi connectivity index (χ1) is 18.0. The van der Waals surface area contributed by atoms with Crippen molar-refractivity contribution in [1.82, 2.24) is 4.90 Å². The van der Waals surface area contributed by atoms with Crippen LogP contribution in [-0.4, -0.2) is 34.5 Å². The van der Waals surface area contributed by atoms with Crippen LogP contribution in [0, 0.1) is 0 Å². The minimum Gasteiger partial charge on any atom is -0.423 e. The third-order valence-corrected chi connectivity index (χ3v) is 6.54. The minimum atomic E-state index is -0.537. The molecule has 1 fully saturated rings. The number of para-hydroxylation sites is 1. The number of esters is 1. The molecule has 1 aliphatic heterocycles. The van der Waals surface area contributed by atoms with E-state index in [9.17, 15) is 19.2 Å². The molecule has 1 heterocycles. The predicted octanol–water partition coefficient (Wildman–Crippen LogP) is 5.73. The minimum absolute atomic E-state index is 0.206. The van der Waals surface area contributed by atoms with Gasteiger partial charge in [-0.3, -0.25) is 19.3 Å². The second-order valence-corrected chi connectivity index (χ2v) is 9.16. The lowest BCUT2D eigenvalue weighted by atomic mass is 10.0. The summed E-state index contributed by atoms with van der Waals surface area (Å²) in [5.74, 6) is -1.13. The number of fused-ring (bicyclic) bond motifs is 1. The number of carbonyl (C=O) groups is 4. The van der Waals surface area contributed by atoms with Crippen LogP contribution in [0.15, 0.2) is 102 Å². The molecule has 0 radical (unpaired) electrons. The highest BCUT2D eigenvalue weighted by Crippen LogP contribution is 2.32. The Morgan fingerprint density at radius 3 is 2.32 bits per heavy atom. The number of benzene rings is 4. The third kappa shape index (κ3) is 5.44. The largest absolute Gasteiger partial charge is 0.423 e. The number of nitrogens with one attached hydrogen (secondary N) is 1. The van der Waals surface area contributed by atoms with Gasteiger partial charge in [0.2, 0.25) is 5.91 Å². The number of hydrogen-bond donors (Lipinski definition) is 1. The number of carbonyl (C=O) groups excluding carboxylic acids is 4. The Hall–Kier alpha value is -4.69. The van der Waals surface area contributed by atoms with E-state index in [0.29, 0.717) is 22.6 Å². The Bertz CT molecular complexity index is 1540. The monoisotopic (exact) mass is 508 g/mol. The Kier molecular flexibility index (Phi) is 6.83. The molecule has 4 aromatic rings. The van der Waals surface area contributed by atoms with Crippen LogP contribution in [0.4, 0.5) is 10.5 Å². The standard InChI is InChI=1S/C29H20N2O5S/c32-26(30-21-9-2-1-3-10-21)18-31-27(33)25(37-29(31)35)17-19-13-15-22(16-14-19)36-28(34)24-12-6-8-20-7-4-5-11-23(20)24/h1-17H,18H2,(H,30,32)/b25-17-. The summed E-state index contributed by atoms with van der Waals surface area (Å²) in [5, 5.41) is 3.90. The van der Waals surface area contributed by atoms with Crippen LogP contribution < -0.4 is 10.1 Å². The Morgan fingerprint density at radius 1 is 0.838 bits per heavy atom. The fraction of sp³-hybridized carbons (Fsp3) is 0.0345. The normalized spacial score (nSPS) is 14.3. The van der Waals surface area contributed by atoms with E-state index in [-0.39, 0.29) is 11.4 Å². The van der Waals surface area contributed by atoms with Crippen LogP contribution in [0.25, 0.3) is 16.8 Å². The third-order valence-electron chi connectivity index (χ3n) is 5.63. The van der Waals surface area contributed by atoms with Crippen molar-refractivity contribution in [3.05, 3.63) is 113 Å². The van der Waals surface area contributed by atoms with Crippen molar-refractivity contribution < 1.29 is 23.9 Å². The molecule has 0 unspecified atom stereocenters. The molecule has 1 saturated heterocycles. The van der Waals surface area contributed by atoms with Crippen molar-refractivity contribution in [1.29, 1.82) is 0 Å². The molecule has 1 N–H and O–H groups in total. The first-order valence-corrected chi connectivity index (χ1v) is 12.2. The molecule has 0 aromatic heterocycles. The van der Waals surface area contributed by atoms with Crippen molar-refractivity contribution in [3.8, 4) is 5.75 Å². The molecule has 0 bridgehead atoms. The van der Waals surface area contributed by atoms with Gasteiger partial charge in [-0.25, -0.2) is 4.79 Å². The van der Waals surface area contributed by atoms with Gasteiger partial charge in [0, 0.05) is 5.69 Å². The van der Waals surface area contributed by atoms with Crippen LogP contribution in [-0.2, 0) is 9.59 Å². The van der Waals surface area contributed by atoms with Crippen molar-refractivity contribution in [2.24, 2.45) is 0 Å². The number of anilines is 1. The zero-order valence-electron chi connectivity index (χ0n) is 19.4. The number of thioether (sulfide) groups is 1. The van der Waals surface area contributed by atoms with Gasteiger partial charge in [-0.05, 0) is 64.5 Å². The van der Waals surface area contributed by atoms with Crippen LogP contribution in [0.2, 0.25) is 0 Å². The fourth-order valence-corrected chi connectivity index (χ4v) is 4.69. The van der Waals surface area contributed by atoms with E-state index in [1.807, 2.05) is 36.4 Å². The molecular formula is C29H20N2O5S. The van der Waals surface area contributed by atoms with Gasteiger partial charge >= 0.3 is 5.97 Å². The summed E-state index contributed by atoms with van der Waals surface area (Å²) in [6, 6.07) is 28.4. The maximum absolute atomic E-state index is 12.8. The van der Waals surface area contributed by atoms with E-state index in [0.717, 1.165) is 27.4 Å². The van der Waals surface area contributed by atoms with Gasteiger partial charge in [0.1, 0.15) is 12.3 Å². The molecule has 182 valence electrons. The van der Waals surface area contributed by atoms with Crippen LogP contribution in [0.3, 0.4) is 0 Å². The topological polar surface area (TPSA) is 92.8 Å². The predicted molar refractivity (Wildman–Crippen MR) is 143 cm³/mol. The zero-order chi connectivity index (χ0) is 25.8. The molecule has 7 nitrogen and oxygen atoms in total. The summed E-state index contributed by atoms with van der Waals surface area (Å²) in [5.41, 5.74) is 1.69. The maximum Gasteiger partial charge on any atom is 0.344 e. The second kappa shape index (κ2) is 10.5. The lowest BCUT2D eigenvalue weighted by Crippen LogP contribution is -2.36. The molecule has 3 amide bonds. The van der Waals surface area contributed by atoms with Gasteiger partial charge in [-0.1, -0.05) is 66.7 Å². The van der Waals surface area contributed by atoms with E-state index < -0.39 is 23.0 Å². The highest BCUT2D eigenvalue weighted by molar-refractivity contribution is 8.18. The summed E-state index contributed by atoms with van der Waals surface area (Å²) in [7, 11) is 0. The maximum atomic E-state index is 12.8. The first-order valence-electron chi connectivity index (χ1n) is 11.4. The number of hydrogen-bond acceptors (Lipinski definition) is 6. The summed E-state index contributed by atoms with van der Waals surface area (Å²) < 4.78 is 5.54. The Morgan fingerprint density at radius 2 is 1.54 bits per heavy atom. The molecule has 5 rings (SSSR count). The van der Waals surface area contributed by atoms with Gasteiger partial charge in [-0.2, -0.15) is 0 Å². The number of nitrogens with zero attached hydrogens (tertiary/aromatic N) is 1. The van der Waals surface area contributed by atoms with Crippen LogP contribution in [0.5, 0.6) is 5.75 Å². The van der Waals surface area contributed by atoms with E-state index in [1.54, 1.807) is 66.7 Å². The van der Waals surface area contributed by atoms with Gasteiger partial charge in [0.15, 0.2) is 0 Å². The summed E-state index contributed by atoms with van der Waals surface area (Å²) in [6.07, 6.45) is 1.57. The van der Waals surface area contributed by atoms with Crippen LogP contribution in [0.1, 0.15) is 15.9 Å². The number of amides is 3. The quantitative estimate of drug-likeness (QED) is 0.203. The van der Waals surface area contributed by atoms with Crippen molar-refractivity contribution in [2.75, 3.05) is 11.9 Å². The SMILES string of the molecule is O=C(CN1C(=O)S/C(=C\c2ccc(OC(=O)c3cccc4ccccc34)cc2)C1=O)Nc1ccccc1.